The highest BCUT2D eigenvalue weighted by atomic mass is 16.1. The highest BCUT2D eigenvalue weighted by molar-refractivity contribution is 6.01. The molecule has 0 amide bonds. The Bertz CT molecular complexity index is 1140. The molecule has 1 unspecified atom stereocenters. The lowest BCUT2D eigenvalue weighted by Crippen LogP contribution is -2.41. The summed E-state index contributed by atoms with van der Waals surface area (Å²) in [6.07, 6.45) is 3.12. The molecule has 152 valence electrons. The number of aromatic amines is 1. The zero-order valence-corrected chi connectivity index (χ0v) is 18.0. The first-order chi connectivity index (χ1) is 14.4. The van der Waals surface area contributed by atoms with Crippen molar-refractivity contribution in [3.63, 3.8) is 0 Å². The predicted octanol–water partition coefficient (Wildman–Crippen LogP) is 5.55. The number of Topliss-reactive ketones (excluding diaryl/α,β-unsaturated/α-hetero) is 1. The fourth-order valence-corrected chi connectivity index (χ4v) is 5.69. The number of rotatable bonds is 3. The van der Waals surface area contributed by atoms with Crippen molar-refractivity contribution in [1.29, 1.82) is 0 Å². The van der Waals surface area contributed by atoms with E-state index < -0.39 is 5.41 Å². The minimum atomic E-state index is -0.477. The summed E-state index contributed by atoms with van der Waals surface area (Å²) in [7, 11) is 0. The smallest absolute Gasteiger partial charge is 0.160 e. The Morgan fingerprint density at radius 1 is 0.933 bits per heavy atom. The van der Waals surface area contributed by atoms with Gasteiger partial charge in [-0.15, -0.1) is 0 Å². The maximum Gasteiger partial charge on any atom is 0.160 e. The third-order valence-electron chi connectivity index (χ3n) is 6.84. The largest absolute Gasteiger partial charge is 0.294 e. The molecule has 1 atom stereocenters. The molecular formula is C27H28N2O. The Labute approximate surface area is 178 Å². The Hall–Kier alpha value is -2.94. The van der Waals surface area contributed by atoms with E-state index in [1.165, 1.54) is 22.3 Å². The second-order valence-corrected chi connectivity index (χ2v) is 9.77. The molecule has 0 saturated heterocycles. The van der Waals surface area contributed by atoms with E-state index in [1.807, 2.05) is 12.1 Å². The number of fused-ring (bicyclic) bond motifs is 1. The molecule has 3 aromatic rings. The zero-order valence-electron chi connectivity index (χ0n) is 18.0. The minimum absolute atomic E-state index is 0.0118. The maximum atomic E-state index is 13.5. The number of hydrogen-bond donors (Lipinski definition) is 1. The van der Waals surface area contributed by atoms with Crippen LogP contribution in [0, 0.1) is 5.41 Å². The fourth-order valence-electron chi connectivity index (χ4n) is 5.69. The van der Waals surface area contributed by atoms with Crippen molar-refractivity contribution in [1.82, 2.24) is 10.2 Å². The second-order valence-electron chi connectivity index (χ2n) is 9.77. The quantitative estimate of drug-likeness (QED) is 0.631. The van der Waals surface area contributed by atoms with Gasteiger partial charge in [0.15, 0.2) is 5.78 Å². The predicted molar refractivity (Wildman–Crippen MR) is 119 cm³/mol. The third-order valence-corrected chi connectivity index (χ3v) is 6.84. The molecule has 0 aliphatic heterocycles. The first-order valence-electron chi connectivity index (χ1n) is 10.8. The lowest BCUT2D eigenvalue weighted by molar-refractivity contribution is -0.118. The fraction of sp³-hybridized carbons (Fsp3) is 0.333. The van der Waals surface area contributed by atoms with E-state index in [9.17, 15) is 4.79 Å². The number of ketones is 1. The monoisotopic (exact) mass is 396 g/mol. The normalized spacial score (nSPS) is 22.6. The summed E-state index contributed by atoms with van der Waals surface area (Å²) in [6.45, 7) is 6.64. The van der Waals surface area contributed by atoms with Crippen LogP contribution < -0.4 is 0 Å². The van der Waals surface area contributed by atoms with Gasteiger partial charge in [0.2, 0.25) is 0 Å². The standard InChI is InChI=1S/C27H28N2O/c1-26(2)16-19-15-22-25(21(28-29-22)14-18-10-6-4-7-11-18)27(3,24(19)23(30)17-26)20-12-8-5-9-13-20/h4-13H,14-17H2,1-3H3,(H,28,29). The van der Waals surface area contributed by atoms with E-state index in [2.05, 4.69) is 74.4 Å². The molecule has 0 bridgehead atoms. The Morgan fingerprint density at radius 2 is 1.60 bits per heavy atom. The highest BCUT2D eigenvalue weighted by Crippen LogP contribution is 2.52. The van der Waals surface area contributed by atoms with Crippen LogP contribution in [-0.4, -0.2) is 16.0 Å². The third kappa shape index (κ3) is 2.96. The van der Waals surface area contributed by atoms with Crippen LogP contribution in [0.5, 0.6) is 0 Å². The van der Waals surface area contributed by atoms with Crippen LogP contribution in [0.1, 0.15) is 61.7 Å². The molecule has 0 fully saturated rings. The van der Waals surface area contributed by atoms with Crippen LogP contribution in [0.25, 0.3) is 0 Å². The number of nitrogens with one attached hydrogen (secondary N) is 1. The molecule has 1 N–H and O–H groups in total. The first-order valence-corrected chi connectivity index (χ1v) is 10.8. The number of allylic oxidation sites excluding steroid dienone is 2. The van der Waals surface area contributed by atoms with Gasteiger partial charge in [-0.05, 0) is 29.9 Å². The first kappa shape index (κ1) is 19.0. The van der Waals surface area contributed by atoms with E-state index in [0.29, 0.717) is 12.2 Å². The molecule has 0 saturated carbocycles. The van der Waals surface area contributed by atoms with Crippen LogP contribution in [0.4, 0.5) is 0 Å². The lowest BCUT2D eigenvalue weighted by atomic mass is 9.58. The van der Waals surface area contributed by atoms with E-state index in [4.69, 9.17) is 5.10 Å². The van der Waals surface area contributed by atoms with Crippen LogP contribution in [0.2, 0.25) is 0 Å². The minimum Gasteiger partial charge on any atom is -0.294 e. The zero-order chi connectivity index (χ0) is 20.9. The summed E-state index contributed by atoms with van der Waals surface area (Å²) in [5.41, 5.74) is 7.64. The van der Waals surface area contributed by atoms with E-state index in [-0.39, 0.29) is 5.41 Å². The van der Waals surface area contributed by atoms with Crippen LogP contribution in [0.15, 0.2) is 71.8 Å². The molecule has 1 heterocycles. The van der Waals surface area contributed by atoms with Crippen molar-refractivity contribution in [2.45, 2.75) is 51.9 Å². The number of carbonyl (C=O) groups is 1. The number of benzene rings is 2. The molecule has 0 radical (unpaired) electrons. The van der Waals surface area contributed by atoms with Gasteiger partial charge in [-0.1, -0.05) is 80.1 Å². The molecule has 1 aromatic heterocycles. The average molecular weight is 397 g/mol. The lowest BCUT2D eigenvalue weighted by Gasteiger charge is -2.44. The van der Waals surface area contributed by atoms with Gasteiger partial charge >= 0.3 is 0 Å². The van der Waals surface area contributed by atoms with Crippen LogP contribution in [0.3, 0.4) is 0 Å². The van der Waals surface area contributed by atoms with E-state index >= 15 is 0 Å². The van der Waals surface area contributed by atoms with Crippen molar-refractivity contribution in [3.05, 3.63) is 99.9 Å². The Kier molecular flexibility index (Phi) is 4.32. The van der Waals surface area contributed by atoms with Gasteiger partial charge in [-0.2, -0.15) is 5.10 Å². The van der Waals surface area contributed by atoms with Gasteiger partial charge in [0.05, 0.1) is 5.69 Å². The molecule has 5 rings (SSSR count). The van der Waals surface area contributed by atoms with Gasteiger partial charge in [-0.25, -0.2) is 0 Å². The van der Waals surface area contributed by atoms with E-state index in [0.717, 1.165) is 36.2 Å². The van der Waals surface area contributed by atoms with Crippen LogP contribution in [-0.2, 0) is 23.1 Å². The number of carbonyl (C=O) groups excluding carboxylic acids is 1. The Morgan fingerprint density at radius 3 is 2.30 bits per heavy atom. The summed E-state index contributed by atoms with van der Waals surface area (Å²) < 4.78 is 0. The Balaban J connectivity index is 1.72. The highest BCUT2D eigenvalue weighted by Gasteiger charge is 2.48. The summed E-state index contributed by atoms with van der Waals surface area (Å²) in [4.78, 5) is 13.5. The summed E-state index contributed by atoms with van der Waals surface area (Å²) in [6, 6.07) is 21.0. The number of hydrogen-bond acceptors (Lipinski definition) is 2. The van der Waals surface area contributed by atoms with Gasteiger partial charge in [-0.3, -0.25) is 9.89 Å². The van der Waals surface area contributed by atoms with E-state index in [1.54, 1.807) is 0 Å². The average Bonchev–Trinajstić information content (AvgIpc) is 3.11. The summed E-state index contributed by atoms with van der Waals surface area (Å²) in [5, 5.41) is 8.12. The number of H-pyrrole nitrogens is 1. The molecule has 0 spiro atoms. The molecule has 3 heteroatoms. The van der Waals surface area contributed by atoms with Crippen molar-refractivity contribution < 1.29 is 4.79 Å². The van der Waals surface area contributed by atoms with Gasteiger partial charge < -0.3 is 0 Å². The SMILES string of the molecule is CC1(C)CC(=O)C2=C(Cc3[nH]nc(Cc4ccccc4)c3C2(C)c2ccccc2)C1. The van der Waals surface area contributed by atoms with Crippen molar-refractivity contribution >= 4 is 5.78 Å². The van der Waals surface area contributed by atoms with Crippen LogP contribution >= 0.6 is 0 Å². The maximum absolute atomic E-state index is 13.5. The number of aromatic nitrogens is 2. The second kappa shape index (κ2) is 6.80. The summed E-state index contributed by atoms with van der Waals surface area (Å²) >= 11 is 0. The molecule has 2 aromatic carbocycles. The molecule has 2 aliphatic carbocycles. The number of nitrogens with zero attached hydrogens (tertiary/aromatic N) is 1. The summed E-state index contributed by atoms with van der Waals surface area (Å²) in [5.74, 6) is 0.296. The van der Waals surface area contributed by atoms with Gasteiger partial charge in [0.1, 0.15) is 0 Å². The van der Waals surface area contributed by atoms with Crippen molar-refractivity contribution in [3.8, 4) is 0 Å². The molecule has 2 aliphatic rings. The molecular weight excluding hydrogens is 368 g/mol. The van der Waals surface area contributed by atoms with Gasteiger partial charge in [0, 0.05) is 41.5 Å². The topological polar surface area (TPSA) is 45.8 Å². The molecule has 3 nitrogen and oxygen atoms in total. The molecule has 30 heavy (non-hydrogen) atoms. The van der Waals surface area contributed by atoms with Gasteiger partial charge in [0.25, 0.3) is 0 Å². The van der Waals surface area contributed by atoms with Crippen molar-refractivity contribution in [2.24, 2.45) is 5.41 Å². The van der Waals surface area contributed by atoms with Crippen molar-refractivity contribution in [2.75, 3.05) is 0 Å².